The van der Waals surface area contributed by atoms with Crippen molar-refractivity contribution >= 4 is 33.5 Å². The zero-order valence-corrected chi connectivity index (χ0v) is 19.5. The van der Waals surface area contributed by atoms with Crippen molar-refractivity contribution in [2.45, 2.75) is 23.8 Å². The van der Waals surface area contributed by atoms with Crippen LogP contribution in [0.15, 0.2) is 66.0 Å². The number of aromatic amines is 1. The van der Waals surface area contributed by atoms with Crippen molar-refractivity contribution in [3.8, 4) is 5.75 Å². The zero-order chi connectivity index (χ0) is 24.6. The Hall–Kier alpha value is -3.41. The molecule has 0 radical (unpaired) electrons. The number of imidazole rings is 1. The normalized spacial score (nSPS) is 12.1. The van der Waals surface area contributed by atoms with Crippen LogP contribution in [0.1, 0.15) is 11.3 Å². The molecule has 0 saturated heterocycles. The number of H-pyrrole nitrogens is 1. The summed E-state index contributed by atoms with van der Waals surface area (Å²) in [6.45, 7) is -0.220. The summed E-state index contributed by atoms with van der Waals surface area (Å²) in [5.74, 6) is -1.37. The van der Waals surface area contributed by atoms with Crippen LogP contribution in [-0.4, -0.2) is 54.6 Å². The van der Waals surface area contributed by atoms with E-state index in [0.29, 0.717) is 22.9 Å². The average molecular weight is 507 g/mol. The summed E-state index contributed by atoms with van der Waals surface area (Å²) in [5.41, 5.74) is 1.37. The van der Waals surface area contributed by atoms with E-state index in [1.807, 2.05) is 0 Å². The van der Waals surface area contributed by atoms with E-state index in [1.54, 1.807) is 24.3 Å². The van der Waals surface area contributed by atoms with Gasteiger partial charge in [0.1, 0.15) is 11.8 Å². The predicted octanol–water partition coefficient (Wildman–Crippen LogP) is 1.78. The highest BCUT2D eigenvalue weighted by molar-refractivity contribution is 7.89. The SMILES string of the molecule is O=C(COc1cccc(CCNS(=O)(=O)c2ccc(Cl)cc2)c1)N[C@@H](Cc1cnc[nH]1)C(=O)O. The number of amides is 1. The maximum atomic E-state index is 12.3. The first-order chi connectivity index (χ1) is 16.2. The van der Waals surface area contributed by atoms with E-state index < -0.39 is 27.9 Å². The number of aromatic nitrogens is 2. The van der Waals surface area contributed by atoms with E-state index in [-0.39, 0.29) is 24.5 Å². The Bertz CT molecular complexity index is 1220. The lowest BCUT2D eigenvalue weighted by Gasteiger charge is -2.14. The van der Waals surface area contributed by atoms with Crippen LogP contribution in [0.5, 0.6) is 5.75 Å². The van der Waals surface area contributed by atoms with Crippen LogP contribution < -0.4 is 14.8 Å². The van der Waals surface area contributed by atoms with Gasteiger partial charge in [-0.1, -0.05) is 23.7 Å². The van der Waals surface area contributed by atoms with Gasteiger partial charge in [0.2, 0.25) is 10.0 Å². The van der Waals surface area contributed by atoms with Crippen molar-refractivity contribution in [1.29, 1.82) is 0 Å². The first-order valence-corrected chi connectivity index (χ1v) is 12.1. The Morgan fingerprint density at radius 1 is 1.18 bits per heavy atom. The van der Waals surface area contributed by atoms with Crippen LogP contribution in [0.25, 0.3) is 0 Å². The number of hydrogen-bond donors (Lipinski definition) is 4. The van der Waals surface area contributed by atoms with E-state index in [1.165, 1.54) is 36.8 Å². The number of carbonyl (C=O) groups is 2. The predicted molar refractivity (Wildman–Crippen MR) is 124 cm³/mol. The molecule has 0 spiro atoms. The number of nitrogens with one attached hydrogen (secondary N) is 3. The number of ether oxygens (including phenoxy) is 1. The molecule has 0 aliphatic carbocycles. The van der Waals surface area contributed by atoms with Crippen LogP contribution in [0, 0.1) is 0 Å². The van der Waals surface area contributed by atoms with Crippen LogP contribution in [-0.2, 0) is 32.5 Å². The van der Waals surface area contributed by atoms with Gasteiger partial charge in [0.15, 0.2) is 6.61 Å². The number of sulfonamides is 1. The van der Waals surface area contributed by atoms with Gasteiger partial charge in [-0.15, -0.1) is 0 Å². The lowest BCUT2D eigenvalue weighted by atomic mass is 10.1. The summed E-state index contributed by atoms with van der Waals surface area (Å²) in [6, 6.07) is 11.6. The number of aliphatic carboxylic acids is 1. The number of nitrogens with zero attached hydrogens (tertiary/aromatic N) is 1. The summed E-state index contributed by atoms with van der Waals surface area (Å²) in [7, 11) is -3.66. The Kier molecular flexibility index (Phi) is 8.63. The van der Waals surface area contributed by atoms with E-state index in [4.69, 9.17) is 16.3 Å². The molecule has 10 nitrogen and oxygen atoms in total. The molecule has 1 amide bonds. The highest BCUT2D eigenvalue weighted by atomic mass is 35.5. The minimum atomic E-state index is -3.66. The van der Waals surface area contributed by atoms with Crippen molar-refractivity contribution in [2.24, 2.45) is 0 Å². The monoisotopic (exact) mass is 506 g/mol. The number of benzene rings is 2. The highest BCUT2D eigenvalue weighted by Gasteiger charge is 2.21. The van der Waals surface area contributed by atoms with Gasteiger partial charge in [-0.3, -0.25) is 4.79 Å². The molecule has 2 aromatic carbocycles. The number of halogens is 1. The molecule has 3 rings (SSSR count). The summed E-state index contributed by atoms with van der Waals surface area (Å²) in [6.07, 6.45) is 3.36. The minimum Gasteiger partial charge on any atom is -0.484 e. The molecule has 1 aromatic heterocycles. The lowest BCUT2D eigenvalue weighted by molar-refractivity contribution is -0.142. The molecular formula is C22H23ClN4O6S. The van der Waals surface area contributed by atoms with Crippen LogP contribution >= 0.6 is 11.6 Å². The Balaban J connectivity index is 1.48. The Morgan fingerprint density at radius 3 is 2.62 bits per heavy atom. The molecule has 0 aliphatic heterocycles. The smallest absolute Gasteiger partial charge is 0.326 e. The van der Waals surface area contributed by atoms with Crippen LogP contribution in [0.3, 0.4) is 0 Å². The molecule has 0 unspecified atom stereocenters. The van der Waals surface area contributed by atoms with Gasteiger partial charge in [-0.05, 0) is 48.4 Å². The molecule has 4 N–H and O–H groups in total. The summed E-state index contributed by atoms with van der Waals surface area (Å²) in [4.78, 5) is 30.3. The topological polar surface area (TPSA) is 150 Å². The van der Waals surface area contributed by atoms with Gasteiger partial charge >= 0.3 is 5.97 Å². The van der Waals surface area contributed by atoms with Crippen molar-refractivity contribution in [2.75, 3.05) is 13.2 Å². The maximum absolute atomic E-state index is 12.3. The van der Waals surface area contributed by atoms with Crippen molar-refractivity contribution in [3.63, 3.8) is 0 Å². The second-order valence-corrected chi connectivity index (χ2v) is 9.48. The number of rotatable bonds is 12. The van der Waals surface area contributed by atoms with Gasteiger partial charge < -0.3 is 20.1 Å². The lowest BCUT2D eigenvalue weighted by Crippen LogP contribution is -2.44. The average Bonchev–Trinajstić information content (AvgIpc) is 3.31. The molecule has 3 aromatic rings. The van der Waals surface area contributed by atoms with Crippen LogP contribution in [0.4, 0.5) is 0 Å². The minimum absolute atomic E-state index is 0.0580. The summed E-state index contributed by atoms with van der Waals surface area (Å²) >= 11 is 5.79. The summed E-state index contributed by atoms with van der Waals surface area (Å²) in [5, 5.41) is 12.2. The first-order valence-electron chi connectivity index (χ1n) is 10.2. The van der Waals surface area contributed by atoms with Gasteiger partial charge in [0.25, 0.3) is 5.91 Å². The highest BCUT2D eigenvalue weighted by Crippen LogP contribution is 2.15. The summed E-state index contributed by atoms with van der Waals surface area (Å²) < 4.78 is 32.7. The second-order valence-electron chi connectivity index (χ2n) is 7.28. The Labute approximate surface area is 201 Å². The molecule has 12 heteroatoms. The van der Waals surface area contributed by atoms with Gasteiger partial charge in [0, 0.05) is 29.9 Å². The van der Waals surface area contributed by atoms with Crippen LogP contribution in [0.2, 0.25) is 5.02 Å². The van der Waals surface area contributed by atoms with E-state index >= 15 is 0 Å². The quantitative estimate of drug-likeness (QED) is 0.292. The fraction of sp³-hybridized carbons (Fsp3) is 0.227. The fourth-order valence-electron chi connectivity index (χ4n) is 3.02. The number of carboxylic acids is 1. The van der Waals surface area contributed by atoms with Gasteiger partial charge in [-0.2, -0.15) is 0 Å². The van der Waals surface area contributed by atoms with Gasteiger partial charge in [-0.25, -0.2) is 22.9 Å². The molecule has 0 aliphatic rings. The molecule has 0 fully saturated rings. The van der Waals surface area contributed by atoms with E-state index in [0.717, 1.165) is 5.56 Å². The molecule has 1 atom stereocenters. The molecular weight excluding hydrogens is 484 g/mol. The molecule has 0 bridgehead atoms. The zero-order valence-electron chi connectivity index (χ0n) is 17.9. The molecule has 180 valence electrons. The third-order valence-electron chi connectivity index (χ3n) is 4.71. The fourth-order valence-corrected chi connectivity index (χ4v) is 4.18. The van der Waals surface area contributed by atoms with Crippen molar-refractivity contribution < 1.29 is 27.9 Å². The Morgan fingerprint density at radius 2 is 1.94 bits per heavy atom. The van der Waals surface area contributed by atoms with Crippen molar-refractivity contribution in [1.82, 2.24) is 20.0 Å². The molecule has 0 saturated carbocycles. The first kappa shape index (κ1) is 25.2. The van der Waals surface area contributed by atoms with E-state index in [9.17, 15) is 23.1 Å². The maximum Gasteiger partial charge on any atom is 0.326 e. The largest absolute Gasteiger partial charge is 0.484 e. The number of carboxylic acid groups (broad SMARTS) is 1. The third-order valence-corrected chi connectivity index (χ3v) is 6.44. The number of carbonyl (C=O) groups excluding carboxylic acids is 1. The third kappa shape index (κ3) is 7.58. The second kappa shape index (κ2) is 11.6. The van der Waals surface area contributed by atoms with Crippen molar-refractivity contribution in [3.05, 3.63) is 77.3 Å². The molecule has 34 heavy (non-hydrogen) atoms. The molecule has 1 heterocycles. The standard InChI is InChI=1S/C22H23ClN4O6S/c23-16-4-6-19(7-5-16)34(31,32)26-9-8-15-2-1-3-18(10-15)33-13-21(28)27-20(22(29)30)11-17-12-24-14-25-17/h1-7,10,12,14,20,26H,8-9,11,13H2,(H,24,25)(H,27,28)(H,29,30)/t20-/m0/s1. The van der Waals surface area contributed by atoms with E-state index in [2.05, 4.69) is 20.0 Å². The van der Waals surface area contributed by atoms with Gasteiger partial charge in [0.05, 0.1) is 11.2 Å². The number of hydrogen-bond acceptors (Lipinski definition) is 6.